The maximum absolute atomic E-state index is 13.2. The Hall–Kier alpha value is -6.19. The van der Waals surface area contributed by atoms with Crippen LogP contribution in [0.1, 0.15) is 79.7 Å². The van der Waals surface area contributed by atoms with Gasteiger partial charge in [-0.3, -0.25) is 24.4 Å². The Morgan fingerprint density at radius 2 is 1.30 bits per heavy atom. The first-order chi connectivity index (χ1) is 25.9. The smallest absolute Gasteiger partial charge is 0.306 e. The molecule has 0 spiro atoms. The molecule has 2 fully saturated rings. The molecule has 0 saturated carbocycles. The molecule has 16 heteroatoms. The quantitative estimate of drug-likeness (QED) is 0.160. The molecule has 1 aromatic carbocycles. The van der Waals surface area contributed by atoms with Crippen LogP contribution < -0.4 is 9.47 Å². The van der Waals surface area contributed by atoms with Crippen molar-refractivity contribution in [1.82, 2.24) is 40.2 Å². The molecule has 2 amide bonds. The summed E-state index contributed by atoms with van der Waals surface area (Å²) in [5, 5.41) is 16.5. The molecule has 2 aliphatic heterocycles. The lowest BCUT2D eigenvalue weighted by molar-refractivity contribution is -0.146. The highest BCUT2D eigenvalue weighted by Crippen LogP contribution is 2.36. The van der Waals surface area contributed by atoms with Crippen molar-refractivity contribution in [2.75, 3.05) is 33.9 Å². The van der Waals surface area contributed by atoms with Crippen LogP contribution in [0.4, 0.5) is 0 Å². The van der Waals surface area contributed by atoms with E-state index in [-0.39, 0.29) is 42.7 Å². The summed E-state index contributed by atoms with van der Waals surface area (Å²) < 4.78 is 27.1. The number of methoxy groups -OCH3 is 2. The first-order valence-electron chi connectivity index (χ1n) is 17.4. The molecule has 6 heterocycles. The van der Waals surface area contributed by atoms with E-state index < -0.39 is 0 Å². The number of likely N-dealkylation sites (tertiary alicyclic amines) is 2. The van der Waals surface area contributed by atoms with Crippen molar-refractivity contribution >= 4 is 17.8 Å². The minimum atomic E-state index is -0.357. The van der Waals surface area contributed by atoms with Gasteiger partial charge in [0.1, 0.15) is 23.6 Å². The molecular weight excluding hydrogens is 684 g/mol. The summed E-state index contributed by atoms with van der Waals surface area (Å²) >= 11 is 0. The summed E-state index contributed by atoms with van der Waals surface area (Å²) in [6.07, 6.45) is 10.1. The van der Waals surface area contributed by atoms with Crippen LogP contribution in [0.15, 0.2) is 76.1 Å². The second kappa shape index (κ2) is 17.4. The number of carbonyl (C=O) groups excluding carboxylic acids is 3. The molecule has 0 bridgehead atoms. The highest BCUT2D eigenvalue weighted by Gasteiger charge is 2.36. The first-order valence-corrected chi connectivity index (χ1v) is 17.4. The van der Waals surface area contributed by atoms with Crippen molar-refractivity contribution in [3.8, 4) is 34.4 Å². The molecule has 0 radical (unpaired) electrons. The predicted octanol–water partition coefficient (Wildman–Crippen LogP) is 5.26. The fraction of sp³-hybridized carbons (Fsp3) is 0.378. The number of hydrogen-bond donors (Lipinski definition) is 0. The van der Waals surface area contributed by atoms with Gasteiger partial charge < -0.3 is 32.8 Å². The van der Waals surface area contributed by atoms with E-state index in [1.807, 2.05) is 0 Å². The Bertz CT molecular complexity index is 1990. The van der Waals surface area contributed by atoms with Gasteiger partial charge in [-0.15, -0.1) is 20.4 Å². The molecule has 2 atom stereocenters. The number of nitrogens with zero attached hydrogens (tertiary/aromatic N) is 8. The van der Waals surface area contributed by atoms with Crippen molar-refractivity contribution in [3.05, 3.63) is 84.6 Å². The van der Waals surface area contributed by atoms with Crippen molar-refractivity contribution in [2.45, 2.75) is 57.5 Å². The second-order valence-electron chi connectivity index (χ2n) is 12.1. The Morgan fingerprint density at radius 1 is 0.736 bits per heavy atom. The van der Waals surface area contributed by atoms with E-state index in [1.165, 1.54) is 7.11 Å². The van der Waals surface area contributed by atoms with Gasteiger partial charge in [-0.25, -0.2) is 0 Å². The van der Waals surface area contributed by atoms with Crippen LogP contribution >= 0.6 is 0 Å². The summed E-state index contributed by atoms with van der Waals surface area (Å²) in [5.41, 5.74) is 2.05. The molecule has 2 saturated heterocycles. The van der Waals surface area contributed by atoms with Gasteiger partial charge >= 0.3 is 5.97 Å². The normalized spacial score (nSPS) is 16.5. The second-order valence-corrected chi connectivity index (χ2v) is 12.1. The summed E-state index contributed by atoms with van der Waals surface area (Å²) in [6, 6.07) is 11.8. The van der Waals surface area contributed by atoms with Gasteiger partial charge in [0.05, 0.1) is 32.8 Å². The van der Waals surface area contributed by atoms with Crippen LogP contribution in [0.3, 0.4) is 0 Å². The van der Waals surface area contributed by atoms with Crippen molar-refractivity contribution in [2.24, 2.45) is 0 Å². The van der Waals surface area contributed by atoms with Gasteiger partial charge in [0.2, 0.25) is 29.5 Å². The summed E-state index contributed by atoms with van der Waals surface area (Å²) in [6.45, 7) is 3.30. The minimum Gasteiger partial charge on any atom is -0.497 e. The molecule has 0 aliphatic carbocycles. The average Bonchev–Trinajstić information content (AvgIpc) is 4.04. The van der Waals surface area contributed by atoms with Gasteiger partial charge in [-0.05, 0) is 69.0 Å². The molecule has 2 aliphatic rings. The van der Waals surface area contributed by atoms with E-state index in [9.17, 15) is 14.4 Å². The minimum absolute atomic E-state index is 0.0853. The van der Waals surface area contributed by atoms with Gasteiger partial charge in [-0.1, -0.05) is 0 Å². The van der Waals surface area contributed by atoms with Crippen LogP contribution in [0, 0.1) is 0 Å². The summed E-state index contributed by atoms with van der Waals surface area (Å²) in [4.78, 5) is 48.5. The van der Waals surface area contributed by atoms with Crippen LogP contribution in [0.25, 0.3) is 22.9 Å². The number of aromatic nitrogens is 6. The van der Waals surface area contributed by atoms with Crippen LogP contribution in [0.2, 0.25) is 0 Å². The largest absolute Gasteiger partial charge is 0.497 e. The molecule has 5 aromatic rings. The third-order valence-electron chi connectivity index (χ3n) is 8.88. The van der Waals surface area contributed by atoms with E-state index in [4.69, 9.17) is 23.0 Å². The van der Waals surface area contributed by atoms with E-state index in [1.54, 1.807) is 91.1 Å². The highest BCUT2D eigenvalue weighted by atomic mass is 16.5. The van der Waals surface area contributed by atoms with Crippen LogP contribution in [-0.4, -0.2) is 91.9 Å². The predicted molar refractivity (Wildman–Crippen MR) is 187 cm³/mol. The number of hydrogen-bond acceptors (Lipinski definition) is 14. The number of benzene rings is 1. The Kier molecular flexibility index (Phi) is 12.0. The Balaban J connectivity index is 0.000000183. The number of amides is 2. The summed E-state index contributed by atoms with van der Waals surface area (Å²) in [5.74, 6) is 2.19. The maximum atomic E-state index is 13.2. The zero-order valence-corrected chi connectivity index (χ0v) is 29.7. The van der Waals surface area contributed by atoms with E-state index >= 15 is 0 Å². The van der Waals surface area contributed by atoms with Crippen molar-refractivity contribution < 1.29 is 37.4 Å². The highest BCUT2D eigenvalue weighted by molar-refractivity contribution is 5.97. The Labute approximate surface area is 305 Å². The third-order valence-corrected chi connectivity index (χ3v) is 8.88. The van der Waals surface area contributed by atoms with E-state index in [0.717, 1.165) is 36.8 Å². The standard InChI is InChI=1S/C20H20N4O4.C17H20N4O4/c1-26-14-5-6-15(17(12-14)27-2)20(25)24-11-3-4-16(24)19-23-22-18(28-19)13-7-9-21-10-8-13;1-2-24-15(23)6-5-14(22)21-11-3-4-13(21)17-20-19-16(25-17)12-7-9-18-10-8-12/h5-10,12,16H,3-4,11H2,1-2H3;7-10,13H,2-6,11H2,1H3. The molecule has 16 nitrogen and oxygen atoms in total. The maximum Gasteiger partial charge on any atom is 0.306 e. The van der Waals surface area contributed by atoms with Gasteiger partial charge in [0.15, 0.2) is 0 Å². The zero-order valence-electron chi connectivity index (χ0n) is 29.7. The first kappa shape index (κ1) is 36.6. The summed E-state index contributed by atoms with van der Waals surface area (Å²) in [7, 11) is 3.11. The lowest BCUT2D eigenvalue weighted by Crippen LogP contribution is -2.31. The van der Waals surface area contributed by atoms with Crippen LogP contribution in [-0.2, 0) is 14.3 Å². The molecule has 276 valence electrons. The number of rotatable bonds is 11. The molecule has 2 unspecified atom stereocenters. The van der Waals surface area contributed by atoms with E-state index in [0.29, 0.717) is 60.3 Å². The topological polar surface area (TPSA) is 189 Å². The van der Waals surface area contributed by atoms with Crippen molar-refractivity contribution in [1.29, 1.82) is 0 Å². The lowest BCUT2D eigenvalue weighted by atomic mass is 10.1. The third kappa shape index (κ3) is 8.65. The molecule has 4 aromatic heterocycles. The molecule has 7 rings (SSSR count). The average molecular weight is 725 g/mol. The van der Waals surface area contributed by atoms with Crippen LogP contribution in [0.5, 0.6) is 11.5 Å². The number of pyridine rings is 2. The van der Waals surface area contributed by atoms with Gasteiger partial charge in [0.25, 0.3) is 5.91 Å². The fourth-order valence-electron chi connectivity index (χ4n) is 6.26. The lowest BCUT2D eigenvalue weighted by Gasteiger charge is -2.23. The molecular formula is C37H40N8O8. The van der Waals surface area contributed by atoms with Gasteiger partial charge in [-0.2, -0.15) is 0 Å². The molecule has 53 heavy (non-hydrogen) atoms. The van der Waals surface area contributed by atoms with Crippen molar-refractivity contribution in [3.63, 3.8) is 0 Å². The molecule has 0 N–H and O–H groups in total. The number of carbonyl (C=O) groups is 3. The SMILES string of the molecule is CCOC(=O)CCC(=O)N1CCCC1c1nnc(-c2ccncc2)o1.COc1ccc(C(=O)N2CCCC2c2nnc(-c3ccncc3)o2)c(OC)c1. The Morgan fingerprint density at radius 3 is 1.85 bits per heavy atom. The zero-order chi connectivity index (χ0) is 37.2. The monoisotopic (exact) mass is 724 g/mol. The van der Waals surface area contributed by atoms with Gasteiger partial charge in [0, 0.05) is 61.5 Å². The van der Waals surface area contributed by atoms with E-state index in [2.05, 4.69) is 30.4 Å². The number of esters is 1. The number of ether oxygens (including phenoxy) is 3. The fourth-order valence-corrected chi connectivity index (χ4v) is 6.26.